The zero-order valence-electron chi connectivity index (χ0n) is 10.8. The maximum absolute atomic E-state index is 12.7. The summed E-state index contributed by atoms with van der Waals surface area (Å²) in [5.74, 6) is -2.76. The molecular formula is C17H16F2. The highest BCUT2D eigenvalue weighted by Gasteiger charge is 2.14. The van der Waals surface area contributed by atoms with E-state index in [-0.39, 0.29) is 0 Å². The fourth-order valence-electron chi connectivity index (χ4n) is 1.82. The number of rotatable bonds is 4. The molecule has 19 heavy (non-hydrogen) atoms. The zero-order chi connectivity index (χ0) is 13.7. The van der Waals surface area contributed by atoms with Crippen molar-refractivity contribution in [2.24, 2.45) is 0 Å². The topological polar surface area (TPSA) is 0 Å². The van der Waals surface area contributed by atoms with Crippen LogP contribution >= 0.6 is 0 Å². The molecule has 2 heteroatoms. The third kappa shape index (κ3) is 4.66. The van der Waals surface area contributed by atoms with Crippen molar-refractivity contribution in [3.63, 3.8) is 0 Å². The van der Waals surface area contributed by atoms with Gasteiger partial charge in [-0.3, -0.25) is 0 Å². The molecule has 0 fully saturated rings. The minimum Gasteiger partial charge on any atom is -0.202 e. The van der Waals surface area contributed by atoms with Crippen molar-refractivity contribution in [3.8, 4) is 0 Å². The van der Waals surface area contributed by atoms with Gasteiger partial charge in [-0.25, -0.2) is 8.78 Å². The molecule has 2 aromatic carbocycles. The first-order valence-electron chi connectivity index (χ1n) is 6.23. The van der Waals surface area contributed by atoms with Gasteiger partial charge in [-0.15, -0.1) is 0 Å². The van der Waals surface area contributed by atoms with E-state index in [1.54, 1.807) is 0 Å². The molecule has 0 unspecified atom stereocenters. The van der Waals surface area contributed by atoms with Crippen LogP contribution in [0.4, 0.5) is 8.78 Å². The molecule has 0 saturated carbocycles. The van der Waals surface area contributed by atoms with E-state index in [1.165, 1.54) is 17.2 Å². The summed E-state index contributed by atoms with van der Waals surface area (Å²) in [6.07, 6.45) is 3.22. The van der Waals surface area contributed by atoms with Gasteiger partial charge in [0.05, 0.1) is 0 Å². The molecule has 0 amide bonds. The van der Waals surface area contributed by atoms with Gasteiger partial charge in [0.2, 0.25) is 0 Å². The summed E-state index contributed by atoms with van der Waals surface area (Å²) < 4.78 is 25.4. The Morgan fingerprint density at radius 3 is 2.05 bits per heavy atom. The summed E-state index contributed by atoms with van der Waals surface area (Å²) >= 11 is 0. The molecule has 0 aromatic heterocycles. The third-order valence-corrected chi connectivity index (χ3v) is 2.80. The van der Waals surface area contributed by atoms with Crippen molar-refractivity contribution >= 4 is 6.08 Å². The lowest BCUT2D eigenvalue weighted by Crippen LogP contribution is -2.02. The van der Waals surface area contributed by atoms with Crippen molar-refractivity contribution < 1.29 is 8.78 Å². The van der Waals surface area contributed by atoms with E-state index >= 15 is 0 Å². The summed E-state index contributed by atoms with van der Waals surface area (Å²) in [4.78, 5) is 0. The monoisotopic (exact) mass is 258 g/mol. The third-order valence-electron chi connectivity index (χ3n) is 2.80. The number of alkyl halides is 2. The first kappa shape index (κ1) is 13.5. The average molecular weight is 258 g/mol. The molecule has 0 aliphatic rings. The van der Waals surface area contributed by atoms with E-state index in [2.05, 4.69) is 12.1 Å². The largest absolute Gasteiger partial charge is 0.264 e. The first-order valence-corrected chi connectivity index (χ1v) is 6.23. The van der Waals surface area contributed by atoms with Gasteiger partial charge < -0.3 is 0 Å². The Balaban J connectivity index is 2.05. The van der Waals surface area contributed by atoms with Gasteiger partial charge in [-0.05, 0) is 29.2 Å². The molecule has 98 valence electrons. The second-order valence-electron chi connectivity index (χ2n) is 4.69. The smallest absolute Gasteiger partial charge is 0.202 e. The van der Waals surface area contributed by atoms with Crippen molar-refractivity contribution in [3.05, 3.63) is 77.4 Å². The minimum absolute atomic E-state index is 0.790. The Bertz CT molecular complexity index is 534. The maximum Gasteiger partial charge on any atom is 0.264 e. The highest BCUT2D eigenvalue weighted by atomic mass is 19.3. The summed E-state index contributed by atoms with van der Waals surface area (Å²) in [6.45, 7) is 0.882. The molecule has 0 radical (unpaired) electrons. The normalized spacial score (nSPS) is 11.9. The number of hydrogen-bond donors (Lipinski definition) is 0. The van der Waals surface area contributed by atoms with Crippen LogP contribution in [0.15, 0.2) is 60.7 Å². The van der Waals surface area contributed by atoms with Gasteiger partial charge in [-0.2, -0.15) is 0 Å². The van der Waals surface area contributed by atoms with Crippen LogP contribution in [-0.4, -0.2) is 5.92 Å². The van der Waals surface area contributed by atoms with Gasteiger partial charge in [-0.1, -0.05) is 60.7 Å². The number of halogens is 2. The Hall–Kier alpha value is -1.96. The standard InChI is InChI=1S/C17H16F2/c1-17(18,19)12-11-14-7-9-16(10-8-14)13-15-5-3-2-4-6-15/h2-12H,13H2,1H3/b12-11+. The van der Waals surface area contributed by atoms with Crippen LogP contribution in [0, 0.1) is 0 Å². The molecule has 0 aliphatic carbocycles. The van der Waals surface area contributed by atoms with Crippen LogP contribution < -0.4 is 0 Å². The fraction of sp³-hybridized carbons (Fsp3) is 0.176. The molecule has 0 atom stereocenters. The molecule has 0 spiro atoms. The van der Waals surface area contributed by atoms with E-state index in [0.717, 1.165) is 25.0 Å². The van der Waals surface area contributed by atoms with E-state index in [4.69, 9.17) is 0 Å². The molecule has 2 rings (SSSR count). The molecule has 0 aliphatic heterocycles. The highest BCUT2D eigenvalue weighted by Crippen LogP contribution is 2.16. The highest BCUT2D eigenvalue weighted by molar-refractivity contribution is 5.50. The van der Waals surface area contributed by atoms with E-state index in [9.17, 15) is 8.78 Å². The van der Waals surface area contributed by atoms with Crippen molar-refractivity contribution in [2.75, 3.05) is 0 Å². The van der Waals surface area contributed by atoms with Crippen LogP contribution in [0.1, 0.15) is 23.6 Å². The molecular weight excluding hydrogens is 242 g/mol. The molecule has 0 saturated heterocycles. The molecule has 0 bridgehead atoms. The summed E-state index contributed by atoms with van der Waals surface area (Å²) in [7, 11) is 0. The van der Waals surface area contributed by atoms with E-state index in [1.807, 2.05) is 42.5 Å². The molecule has 2 aromatic rings. The van der Waals surface area contributed by atoms with Crippen LogP contribution in [0.5, 0.6) is 0 Å². The van der Waals surface area contributed by atoms with E-state index < -0.39 is 5.92 Å². The molecule has 0 N–H and O–H groups in total. The second kappa shape index (κ2) is 5.79. The maximum atomic E-state index is 12.7. The minimum atomic E-state index is -2.76. The Morgan fingerprint density at radius 1 is 0.895 bits per heavy atom. The lowest BCUT2D eigenvalue weighted by molar-refractivity contribution is 0.0784. The molecule has 0 nitrogen and oxygen atoms in total. The van der Waals surface area contributed by atoms with Crippen LogP contribution in [-0.2, 0) is 6.42 Å². The molecule has 0 heterocycles. The Morgan fingerprint density at radius 2 is 1.47 bits per heavy atom. The zero-order valence-corrected chi connectivity index (χ0v) is 10.8. The average Bonchev–Trinajstić information content (AvgIpc) is 2.38. The predicted octanol–water partition coefficient (Wildman–Crippen LogP) is 4.95. The number of allylic oxidation sites excluding steroid dienone is 1. The number of benzene rings is 2. The van der Waals surface area contributed by atoms with Crippen LogP contribution in [0.3, 0.4) is 0 Å². The van der Waals surface area contributed by atoms with Gasteiger partial charge in [0.1, 0.15) is 0 Å². The number of hydrogen-bond acceptors (Lipinski definition) is 0. The fourth-order valence-corrected chi connectivity index (χ4v) is 1.82. The lowest BCUT2D eigenvalue weighted by atomic mass is 10.0. The van der Waals surface area contributed by atoms with Gasteiger partial charge in [0, 0.05) is 6.92 Å². The first-order chi connectivity index (χ1) is 9.03. The summed E-state index contributed by atoms with van der Waals surface area (Å²) in [6, 6.07) is 17.8. The van der Waals surface area contributed by atoms with Crippen molar-refractivity contribution in [1.82, 2.24) is 0 Å². The summed E-state index contributed by atoms with van der Waals surface area (Å²) in [5.41, 5.74) is 3.20. The van der Waals surface area contributed by atoms with Crippen LogP contribution in [0.25, 0.3) is 6.08 Å². The van der Waals surface area contributed by atoms with Crippen molar-refractivity contribution in [1.29, 1.82) is 0 Å². The Kier molecular flexibility index (Phi) is 4.10. The van der Waals surface area contributed by atoms with Gasteiger partial charge in [0.15, 0.2) is 0 Å². The lowest BCUT2D eigenvalue weighted by Gasteiger charge is -2.04. The van der Waals surface area contributed by atoms with Crippen LogP contribution in [0.2, 0.25) is 0 Å². The second-order valence-corrected chi connectivity index (χ2v) is 4.69. The van der Waals surface area contributed by atoms with Crippen molar-refractivity contribution in [2.45, 2.75) is 19.3 Å². The van der Waals surface area contributed by atoms with E-state index in [0.29, 0.717) is 0 Å². The SMILES string of the molecule is CC(F)(F)/C=C/c1ccc(Cc2ccccc2)cc1. The predicted molar refractivity (Wildman–Crippen MR) is 75.3 cm³/mol. The van der Waals surface area contributed by atoms with Gasteiger partial charge >= 0.3 is 0 Å². The quantitative estimate of drug-likeness (QED) is 0.728. The summed E-state index contributed by atoms with van der Waals surface area (Å²) in [5, 5.41) is 0. The Labute approximate surface area is 112 Å². The van der Waals surface area contributed by atoms with Gasteiger partial charge in [0.25, 0.3) is 5.92 Å².